The highest BCUT2D eigenvalue weighted by Gasteiger charge is 2.19. The lowest BCUT2D eigenvalue weighted by Gasteiger charge is -2.11. The SMILES string of the molecule is CSc1ccccc1Oc1ccc(C(C)O)cc1[N+](=O)[O-]. The van der Waals surface area contributed by atoms with Gasteiger partial charge < -0.3 is 9.84 Å². The van der Waals surface area contributed by atoms with E-state index < -0.39 is 11.0 Å². The van der Waals surface area contributed by atoms with Crippen LogP contribution in [-0.2, 0) is 0 Å². The van der Waals surface area contributed by atoms with Gasteiger partial charge in [0.2, 0.25) is 5.75 Å². The predicted octanol–water partition coefficient (Wildman–Crippen LogP) is 4.16. The molecule has 0 bridgehead atoms. The molecule has 2 aromatic rings. The van der Waals surface area contributed by atoms with E-state index in [1.165, 1.54) is 23.9 Å². The van der Waals surface area contributed by atoms with Crippen molar-refractivity contribution in [2.45, 2.75) is 17.9 Å². The normalized spacial score (nSPS) is 12.0. The van der Waals surface area contributed by atoms with Crippen LogP contribution in [0.4, 0.5) is 5.69 Å². The van der Waals surface area contributed by atoms with Crippen LogP contribution in [0, 0.1) is 10.1 Å². The Bertz CT molecular complexity index is 658. The Hall–Kier alpha value is -2.05. The molecule has 0 aromatic heterocycles. The Morgan fingerprint density at radius 3 is 2.57 bits per heavy atom. The molecule has 21 heavy (non-hydrogen) atoms. The molecule has 2 aromatic carbocycles. The summed E-state index contributed by atoms with van der Waals surface area (Å²) in [4.78, 5) is 11.6. The summed E-state index contributed by atoms with van der Waals surface area (Å²) < 4.78 is 5.68. The number of rotatable bonds is 5. The summed E-state index contributed by atoms with van der Waals surface area (Å²) in [7, 11) is 0. The fraction of sp³-hybridized carbons (Fsp3) is 0.200. The van der Waals surface area contributed by atoms with Gasteiger partial charge in [0.25, 0.3) is 0 Å². The van der Waals surface area contributed by atoms with E-state index in [1.54, 1.807) is 19.1 Å². The second kappa shape index (κ2) is 6.60. The van der Waals surface area contributed by atoms with Gasteiger partial charge in [0.15, 0.2) is 0 Å². The molecule has 0 aliphatic rings. The predicted molar refractivity (Wildman–Crippen MR) is 82.0 cm³/mol. The minimum atomic E-state index is -0.767. The van der Waals surface area contributed by atoms with Crippen LogP contribution in [-0.4, -0.2) is 16.3 Å². The molecule has 1 N–H and O–H groups in total. The highest BCUT2D eigenvalue weighted by Crippen LogP contribution is 2.37. The molecule has 1 atom stereocenters. The monoisotopic (exact) mass is 305 g/mol. The van der Waals surface area contributed by atoms with Gasteiger partial charge in [0.05, 0.1) is 11.0 Å². The fourth-order valence-corrected chi connectivity index (χ4v) is 2.37. The van der Waals surface area contributed by atoms with Crippen LogP contribution < -0.4 is 4.74 Å². The summed E-state index contributed by atoms with van der Waals surface area (Å²) in [5.74, 6) is 0.726. The van der Waals surface area contributed by atoms with E-state index in [0.717, 1.165) is 4.90 Å². The van der Waals surface area contributed by atoms with E-state index in [9.17, 15) is 15.2 Å². The summed E-state index contributed by atoms with van der Waals surface area (Å²) in [6.45, 7) is 1.56. The van der Waals surface area contributed by atoms with Gasteiger partial charge in [-0.25, -0.2) is 0 Å². The van der Waals surface area contributed by atoms with Gasteiger partial charge in [-0.3, -0.25) is 10.1 Å². The van der Waals surface area contributed by atoms with Crippen LogP contribution in [0.15, 0.2) is 47.4 Å². The molecule has 0 fully saturated rings. The van der Waals surface area contributed by atoms with Crippen molar-refractivity contribution < 1.29 is 14.8 Å². The van der Waals surface area contributed by atoms with Crippen LogP contribution in [0.3, 0.4) is 0 Å². The van der Waals surface area contributed by atoms with E-state index in [4.69, 9.17) is 4.74 Å². The molecule has 0 aliphatic carbocycles. The molecule has 110 valence electrons. The van der Waals surface area contributed by atoms with Crippen molar-refractivity contribution in [3.63, 3.8) is 0 Å². The summed E-state index contributed by atoms with van der Waals surface area (Å²) >= 11 is 1.50. The van der Waals surface area contributed by atoms with Crippen molar-refractivity contribution in [3.8, 4) is 11.5 Å². The zero-order chi connectivity index (χ0) is 15.4. The van der Waals surface area contributed by atoms with Gasteiger partial charge in [0, 0.05) is 11.0 Å². The largest absolute Gasteiger partial charge is 0.449 e. The van der Waals surface area contributed by atoms with Gasteiger partial charge in [0.1, 0.15) is 5.75 Å². The van der Waals surface area contributed by atoms with Crippen LogP contribution in [0.2, 0.25) is 0 Å². The molecule has 0 saturated carbocycles. The number of nitro benzene ring substituents is 1. The maximum absolute atomic E-state index is 11.2. The van der Waals surface area contributed by atoms with Crippen LogP contribution in [0.5, 0.6) is 11.5 Å². The summed E-state index contributed by atoms with van der Waals surface area (Å²) in [6.07, 6.45) is 1.14. The standard InChI is InChI=1S/C15H15NO4S/c1-10(17)11-7-8-13(12(9-11)16(18)19)20-14-5-3-4-6-15(14)21-2/h3-10,17H,1-2H3. The quantitative estimate of drug-likeness (QED) is 0.510. The molecular formula is C15H15NO4S. The van der Waals surface area contributed by atoms with Gasteiger partial charge in [-0.05, 0) is 36.9 Å². The highest BCUT2D eigenvalue weighted by molar-refractivity contribution is 7.98. The zero-order valence-corrected chi connectivity index (χ0v) is 12.5. The van der Waals surface area contributed by atoms with Gasteiger partial charge in [-0.2, -0.15) is 0 Å². The number of benzene rings is 2. The number of hydrogen-bond donors (Lipinski definition) is 1. The second-order valence-electron chi connectivity index (χ2n) is 4.41. The Morgan fingerprint density at radius 1 is 1.24 bits per heavy atom. The molecule has 1 unspecified atom stereocenters. The molecule has 0 spiro atoms. The first-order valence-electron chi connectivity index (χ1n) is 6.30. The number of nitro groups is 1. The first kappa shape index (κ1) is 15.3. The minimum Gasteiger partial charge on any atom is -0.449 e. The lowest BCUT2D eigenvalue weighted by Crippen LogP contribution is -1.98. The Morgan fingerprint density at radius 2 is 1.95 bits per heavy atom. The van der Waals surface area contributed by atoms with E-state index in [0.29, 0.717) is 11.3 Å². The van der Waals surface area contributed by atoms with Crippen LogP contribution in [0.25, 0.3) is 0 Å². The first-order valence-corrected chi connectivity index (χ1v) is 7.52. The lowest BCUT2D eigenvalue weighted by atomic mass is 10.1. The van der Waals surface area contributed by atoms with Crippen molar-refractivity contribution >= 4 is 17.4 Å². The summed E-state index contributed by atoms with van der Waals surface area (Å²) in [5.41, 5.74) is 0.316. The number of aliphatic hydroxyl groups excluding tert-OH is 1. The lowest BCUT2D eigenvalue weighted by molar-refractivity contribution is -0.385. The van der Waals surface area contributed by atoms with Crippen molar-refractivity contribution in [1.82, 2.24) is 0 Å². The topological polar surface area (TPSA) is 72.6 Å². The third-order valence-electron chi connectivity index (χ3n) is 2.95. The summed E-state index contributed by atoms with van der Waals surface area (Å²) in [5, 5.41) is 20.7. The van der Waals surface area contributed by atoms with Crippen molar-refractivity contribution in [2.24, 2.45) is 0 Å². The third kappa shape index (κ3) is 3.53. The smallest absolute Gasteiger partial charge is 0.311 e. The Balaban J connectivity index is 2.42. The van der Waals surface area contributed by atoms with Crippen molar-refractivity contribution in [3.05, 3.63) is 58.1 Å². The van der Waals surface area contributed by atoms with Gasteiger partial charge in [-0.15, -0.1) is 11.8 Å². The van der Waals surface area contributed by atoms with Crippen LogP contribution >= 0.6 is 11.8 Å². The van der Waals surface area contributed by atoms with E-state index in [2.05, 4.69) is 0 Å². The second-order valence-corrected chi connectivity index (χ2v) is 5.26. The molecular weight excluding hydrogens is 290 g/mol. The molecule has 6 heteroatoms. The van der Waals surface area contributed by atoms with Gasteiger partial charge >= 0.3 is 5.69 Å². The number of ether oxygens (including phenoxy) is 1. The molecule has 0 radical (unpaired) electrons. The van der Waals surface area contributed by atoms with Crippen molar-refractivity contribution in [1.29, 1.82) is 0 Å². The molecule has 5 nitrogen and oxygen atoms in total. The third-order valence-corrected chi connectivity index (χ3v) is 3.73. The van der Waals surface area contributed by atoms with Gasteiger partial charge in [-0.1, -0.05) is 18.2 Å². The zero-order valence-electron chi connectivity index (χ0n) is 11.6. The number of hydrogen-bond acceptors (Lipinski definition) is 5. The Kier molecular flexibility index (Phi) is 4.82. The van der Waals surface area contributed by atoms with Crippen molar-refractivity contribution in [2.75, 3.05) is 6.26 Å². The maximum atomic E-state index is 11.2. The van der Waals surface area contributed by atoms with E-state index in [1.807, 2.05) is 24.5 Å². The average molecular weight is 305 g/mol. The first-order chi connectivity index (χ1) is 10.0. The fourth-order valence-electron chi connectivity index (χ4n) is 1.84. The Labute approximate surface area is 126 Å². The molecule has 0 amide bonds. The van der Waals surface area contributed by atoms with E-state index in [-0.39, 0.29) is 11.4 Å². The number of aliphatic hydroxyl groups is 1. The van der Waals surface area contributed by atoms with E-state index >= 15 is 0 Å². The molecule has 0 aliphatic heterocycles. The number of para-hydroxylation sites is 1. The molecule has 2 rings (SSSR count). The number of thioether (sulfide) groups is 1. The highest BCUT2D eigenvalue weighted by atomic mass is 32.2. The molecule has 0 saturated heterocycles. The average Bonchev–Trinajstić information content (AvgIpc) is 2.47. The molecule has 0 heterocycles. The summed E-state index contributed by atoms with van der Waals surface area (Å²) in [6, 6.07) is 11.8. The number of nitrogens with zero attached hydrogens (tertiary/aromatic N) is 1. The minimum absolute atomic E-state index is 0.158. The maximum Gasteiger partial charge on any atom is 0.311 e. The van der Waals surface area contributed by atoms with Crippen LogP contribution in [0.1, 0.15) is 18.6 Å².